The number of hydrogen-bond acceptors (Lipinski definition) is 5. The molecule has 2 fully saturated rings. The van der Waals surface area contributed by atoms with Gasteiger partial charge in [0.05, 0.1) is 24.1 Å². The molecular weight excluding hydrogens is 534 g/mol. The lowest BCUT2D eigenvalue weighted by molar-refractivity contribution is 0.0285. The Morgan fingerprint density at radius 1 is 0.791 bits per heavy atom. The van der Waals surface area contributed by atoms with Crippen LogP contribution in [0.3, 0.4) is 0 Å². The number of fused-ring (bicyclic) bond motifs is 1. The quantitative estimate of drug-likeness (QED) is 0.222. The lowest BCUT2D eigenvalue weighted by Gasteiger charge is -2.43. The summed E-state index contributed by atoms with van der Waals surface area (Å²) in [6, 6.07) is 34.8. The number of methoxy groups -OCH3 is 1. The van der Waals surface area contributed by atoms with Crippen molar-refractivity contribution in [3.63, 3.8) is 0 Å². The number of ether oxygens (including phenoxy) is 2. The average molecular weight is 572 g/mol. The molecule has 0 aromatic heterocycles. The Balaban J connectivity index is 1.53. The molecule has 0 unspecified atom stereocenters. The van der Waals surface area contributed by atoms with Gasteiger partial charge < -0.3 is 9.47 Å². The highest BCUT2D eigenvalue weighted by Crippen LogP contribution is 2.62. The Morgan fingerprint density at radius 2 is 1.44 bits per heavy atom. The first-order valence-corrected chi connectivity index (χ1v) is 15.5. The van der Waals surface area contributed by atoms with Gasteiger partial charge >= 0.3 is 0 Å². The van der Waals surface area contributed by atoms with Crippen LogP contribution >= 0.6 is 0 Å². The van der Waals surface area contributed by atoms with Crippen molar-refractivity contribution < 1.29 is 19.1 Å². The second kappa shape index (κ2) is 11.5. The van der Waals surface area contributed by atoms with E-state index in [0.29, 0.717) is 16.9 Å². The van der Waals surface area contributed by atoms with Crippen LogP contribution in [0.5, 0.6) is 11.5 Å². The summed E-state index contributed by atoms with van der Waals surface area (Å²) in [4.78, 5) is 32.7. The predicted molar refractivity (Wildman–Crippen MR) is 167 cm³/mol. The van der Waals surface area contributed by atoms with E-state index in [1.165, 1.54) is 6.42 Å². The van der Waals surface area contributed by atoms with E-state index >= 15 is 9.59 Å². The van der Waals surface area contributed by atoms with Crippen LogP contribution in [0.2, 0.25) is 0 Å². The Hall–Kier alpha value is -4.22. The van der Waals surface area contributed by atoms with Gasteiger partial charge in [-0.1, -0.05) is 104 Å². The molecule has 0 radical (unpaired) electrons. The molecule has 1 saturated carbocycles. The lowest BCUT2D eigenvalue weighted by Crippen LogP contribution is -2.57. The van der Waals surface area contributed by atoms with Gasteiger partial charge in [0.25, 0.3) is 0 Å². The van der Waals surface area contributed by atoms with Crippen molar-refractivity contribution in [1.29, 1.82) is 0 Å². The smallest absolute Gasteiger partial charge is 0.181 e. The van der Waals surface area contributed by atoms with Gasteiger partial charge in [0, 0.05) is 23.6 Å². The molecule has 5 heteroatoms. The number of ketones is 2. The summed E-state index contributed by atoms with van der Waals surface area (Å²) in [6.07, 6.45) is 5.42. The first-order valence-electron chi connectivity index (χ1n) is 15.5. The zero-order valence-electron chi connectivity index (χ0n) is 24.5. The summed E-state index contributed by atoms with van der Waals surface area (Å²) >= 11 is 0. The Bertz CT molecular complexity index is 1600. The van der Waals surface area contributed by atoms with Crippen molar-refractivity contribution in [3.05, 3.63) is 131 Å². The molecule has 1 aliphatic carbocycles. The van der Waals surface area contributed by atoms with Gasteiger partial charge in [-0.15, -0.1) is 0 Å². The fourth-order valence-corrected chi connectivity index (χ4v) is 8.03. The number of benzene rings is 4. The normalized spacial score (nSPS) is 25.7. The van der Waals surface area contributed by atoms with E-state index < -0.39 is 11.5 Å². The summed E-state index contributed by atoms with van der Waals surface area (Å²) in [5, 5.41) is 0. The van der Waals surface area contributed by atoms with E-state index in [-0.39, 0.29) is 36.2 Å². The van der Waals surface area contributed by atoms with Crippen LogP contribution in [0.4, 0.5) is 0 Å². The summed E-state index contributed by atoms with van der Waals surface area (Å²) < 4.78 is 12.1. The lowest BCUT2D eigenvalue weighted by atomic mass is 9.62. The van der Waals surface area contributed by atoms with Crippen molar-refractivity contribution in [2.24, 2.45) is 5.41 Å². The van der Waals surface area contributed by atoms with Crippen LogP contribution in [0.15, 0.2) is 109 Å². The average Bonchev–Trinajstić information content (AvgIpc) is 3.39. The number of Topliss-reactive ketones (excluding diaryl/α,β-unsaturated/α-hetero) is 2. The number of rotatable bonds is 6. The van der Waals surface area contributed by atoms with Crippen LogP contribution < -0.4 is 9.47 Å². The van der Waals surface area contributed by atoms with Crippen LogP contribution in [0.25, 0.3) is 0 Å². The van der Waals surface area contributed by atoms with E-state index in [1.807, 2.05) is 72.8 Å². The van der Waals surface area contributed by atoms with Gasteiger partial charge in [-0.05, 0) is 48.2 Å². The first kappa shape index (κ1) is 27.6. The second-order valence-corrected chi connectivity index (χ2v) is 12.1. The highest BCUT2D eigenvalue weighted by molar-refractivity contribution is 6.11. The third-order valence-electron chi connectivity index (χ3n) is 9.92. The maximum atomic E-state index is 15.2. The number of carbonyl (C=O) groups is 2. The minimum absolute atomic E-state index is 0.0105. The van der Waals surface area contributed by atoms with Crippen molar-refractivity contribution in [2.75, 3.05) is 13.7 Å². The van der Waals surface area contributed by atoms with Crippen molar-refractivity contribution in [2.45, 2.75) is 56.1 Å². The fraction of sp³-hybridized carbons (Fsp3) is 0.316. The number of para-hydroxylation sites is 1. The minimum atomic E-state index is -1.15. The van der Waals surface area contributed by atoms with Gasteiger partial charge in [0.15, 0.2) is 11.6 Å². The zero-order valence-corrected chi connectivity index (χ0v) is 24.5. The third-order valence-corrected chi connectivity index (χ3v) is 9.92. The Labute approximate surface area is 253 Å². The monoisotopic (exact) mass is 571 g/mol. The van der Waals surface area contributed by atoms with Crippen LogP contribution in [-0.2, 0) is 0 Å². The summed E-state index contributed by atoms with van der Waals surface area (Å²) in [5.74, 6) is 0.985. The number of likely N-dealkylation sites (tertiary alicyclic amines) is 1. The maximum Gasteiger partial charge on any atom is 0.181 e. The molecule has 0 N–H and O–H groups in total. The van der Waals surface area contributed by atoms with Gasteiger partial charge in [0.2, 0.25) is 0 Å². The van der Waals surface area contributed by atoms with Crippen LogP contribution in [0.1, 0.15) is 75.9 Å². The van der Waals surface area contributed by atoms with E-state index in [0.717, 1.165) is 42.6 Å². The van der Waals surface area contributed by atoms with Gasteiger partial charge in [-0.25, -0.2) is 0 Å². The molecule has 1 spiro atoms. The Morgan fingerprint density at radius 3 is 2.14 bits per heavy atom. The predicted octanol–water partition coefficient (Wildman–Crippen LogP) is 7.68. The molecule has 2 heterocycles. The van der Waals surface area contributed by atoms with Gasteiger partial charge in [0.1, 0.15) is 18.1 Å². The fourth-order valence-electron chi connectivity index (χ4n) is 8.03. The highest BCUT2D eigenvalue weighted by Gasteiger charge is 2.68. The molecule has 218 valence electrons. The third kappa shape index (κ3) is 4.58. The summed E-state index contributed by atoms with van der Waals surface area (Å²) in [5.41, 5.74) is 2.16. The number of carbonyl (C=O) groups excluding carboxylic acids is 2. The molecule has 4 aromatic rings. The van der Waals surface area contributed by atoms with Crippen molar-refractivity contribution in [1.82, 2.24) is 4.90 Å². The molecule has 4 atom stereocenters. The zero-order chi connectivity index (χ0) is 29.4. The molecule has 2 aliphatic heterocycles. The van der Waals surface area contributed by atoms with Gasteiger partial charge in [-0.3, -0.25) is 14.5 Å². The largest absolute Gasteiger partial charge is 0.497 e. The molecule has 3 aliphatic rings. The maximum absolute atomic E-state index is 15.2. The molecule has 0 amide bonds. The Kier molecular flexibility index (Phi) is 7.36. The number of hydrogen-bond donors (Lipinski definition) is 0. The minimum Gasteiger partial charge on any atom is -0.497 e. The summed E-state index contributed by atoms with van der Waals surface area (Å²) in [6.45, 7) is 0.134. The molecule has 0 bridgehead atoms. The molecule has 1 saturated heterocycles. The summed E-state index contributed by atoms with van der Waals surface area (Å²) in [7, 11) is 1.66. The molecule has 5 nitrogen and oxygen atoms in total. The topological polar surface area (TPSA) is 55.8 Å². The molecule has 43 heavy (non-hydrogen) atoms. The van der Waals surface area contributed by atoms with E-state index in [9.17, 15) is 0 Å². The highest BCUT2D eigenvalue weighted by atomic mass is 16.5. The van der Waals surface area contributed by atoms with Crippen molar-refractivity contribution >= 4 is 11.6 Å². The number of nitrogens with zero attached hydrogens (tertiary/aromatic N) is 1. The van der Waals surface area contributed by atoms with Gasteiger partial charge in [-0.2, -0.15) is 0 Å². The first-order chi connectivity index (χ1) is 21.1. The molecule has 4 aromatic carbocycles. The standard InChI is InChI=1S/C38H37NO4/c1-42-30-23-21-26(22-24-30)33-34(27-13-5-2-6-14-27)39(29-17-9-4-10-18-29)36(35(40)28-15-7-3-8-16-28)38(33)25-43-32-20-12-11-19-31(32)37(38)41/h2-3,5-8,11-16,19-24,29,33-34,36H,4,9-10,17-18,25H2,1H3/t33-,34-,36-,38+/m1/s1. The van der Waals surface area contributed by atoms with Crippen LogP contribution in [-0.4, -0.2) is 42.3 Å². The molecular formula is C38H37NO4. The SMILES string of the molecule is COc1ccc([C@@H]2[C@@H](c3ccccc3)N(C3CCCCC3)[C@H](C(=O)c3ccccc3)[C@]23COc2ccccc2C3=O)cc1. The second-order valence-electron chi connectivity index (χ2n) is 12.1. The van der Waals surface area contributed by atoms with Crippen molar-refractivity contribution in [3.8, 4) is 11.5 Å². The van der Waals surface area contributed by atoms with E-state index in [1.54, 1.807) is 7.11 Å². The molecule has 7 rings (SSSR count). The van der Waals surface area contributed by atoms with E-state index in [4.69, 9.17) is 9.47 Å². The van der Waals surface area contributed by atoms with Crippen LogP contribution in [0, 0.1) is 5.41 Å². The van der Waals surface area contributed by atoms with E-state index in [2.05, 4.69) is 41.3 Å².